The molecule has 0 amide bonds. The number of aliphatic hydroxyl groups excluding tert-OH is 1. The molecule has 0 aliphatic rings. The Morgan fingerprint density at radius 3 is 1.44 bits per heavy atom. The zero-order chi connectivity index (χ0) is 7.71. The molecule has 6 heteroatoms. The molecular formula is C3H10N2O4. The van der Waals surface area contributed by atoms with Gasteiger partial charge in [0.15, 0.2) is 0 Å². The Hall–Kier alpha value is -0.240. The largest absolute Gasteiger partial charge is 0.391 e. The van der Waals surface area contributed by atoms with E-state index in [9.17, 15) is 0 Å². The zero-order valence-electron chi connectivity index (χ0n) is 4.65. The van der Waals surface area contributed by atoms with Gasteiger partial charge in [0.1, 0.15) is 6.61 Å². The van der Waals surface area contributed by atoms with Crippen molar-refractivity contribution in [2.75, 3.05) is 6.61 Å². The van der Waals surface area contributed by atoms with Crippen molar-refractivity contribution in [3.63, 3.8) is 0 Å². The molecular weight excluding hydrogens is 128 g/mol. The molecule has 0 aliphatic heterocycles. The molecule has 9 heavy (non-hydrogen) atoms. The minimum Gasteiger partial charge on any atom is -0.391 e. The number of hydrogen-bond acceptors (Lipinski definition) is 6. The van der Waals surface area contributed by atoms with E-state index in [0.717, 1.165) is 0 Å². The number of nitrogens with two attached hydrogens (primary N) is 2. The molecule has 0 aromatic heterocycles. The highest BCUT2D eigenvalue weighted by molar-refractivity contribution is 4.79. The topological polar surface area (TPSA) is 133 Å². The Bertz CT molecular complexity index is 96.5. The maximum absolute atomic E-state index is 8.47. The monoisotopic (exact) mass is 138 g/mol. The Balaban J connectivity index is 4.14. The minimum absolute atomic E-state index is 1.13. The van der Waals surface area contributed by atoms with E-state index in [4.69, 9.17) is 20.4 Å². The molecule has 0 saturated heterocycles. The lowest BCUT2D eigenvalue weighted by atomic mass is 10.2. The van der Waals surface area contributed by atoms with Crippen LogP contribution in [0.4, 0.5) is 0 Å². The van der Waals surface area contributed by atoms with E-state index in [1.54, 1.807) is 0 Å². The average molecular weight is 138 g/mol. The average Bonchev–Trinajstić information content (AvgIpc) is 1.64. The van der Waals surface area contributed by atoms with Crippen LogP contribution in [-0.4, -0.2) is 38.7 Å². The van der Waals surface area contributed by atoms with E-state index in [0.29, 0.717) is 0 Å². The van der Waals surface area contributed by atoms with Crippen molar-refractivity contribution < 1.29 is 20.4 Å². The lowest BCUT2D eigenvalue weighted by Crippen LogP contribution is -2.68. The van der Waals surface area contributed by atoms with Gasteiger partial charge in [-0.25, -0.2) is 0 Å². The summed E-state index contributed by atoms with van der Waals surface area (Å²) in [4.78, 5) is 0. The minimum atomic E-state index is -2.85. The summed E-state index contributed by atoms with van der Waals surface area (Å²) in [6, 6.07) is 0. The van der Waals surface area contributed by atoms with Gasteiger partial charge in [-0.2, -0.15) is 0 Å². The molecule has 0 saturated carbocycles. The fourth-order valence-electron chi connectivity index (χ4n) is 0.127. The number of aliphatic hydroxyl groups is 4. The second-order valence-corrected chi connectivity index (χ2v) is 1.80. The van der Waals surface area contributed by atoms with Crippen LogP contribution in [0.1, 0.15) is 0 Å². The van der Waals surface area contributed by atoms with Crippen LogP contribution in [0.25, 0.3) is 0 Å². The Labute approximate surface area is 51.3 Å². The normalized spacial score (nSPS) is 14.0. The van der Waals surface area contributed by atoms with Crippen molar-refractivity contribution >= 4 is 0 Å². The lowest BCUT2D eigenvalue weighted by Gasteiger charge is -2.30. The van der Waals surface area contributed by atoms with Crippen molar-refractivity contribution in [3.8, 4) is 0 Å². The highest BCUT2D eigenvalue weighted by atomic mass is 16.6. The van der Waals surface area contributed by atoms with Crippen LogP contribution in [0.15, 0.2) is 0 Å². The van der Waals surface area contributed by atoms with Crippen molar-refractivity contribution in [1.82, 2.24) is 0 Å². The van der Waals surface area contributed by atoms with E-state index in [2.05, 4.69) is 11.5 Å². The molecule has 0 rings (SSSR count). The van der Waals surface area contributed by atoms with Gasteiger partial charge in [0.25, 0.3) is 0 Å². The molecule has 0 unspecified atom stereocenters. The van der Waals surface area contributed by atoms with E-state index in [1.165, 1.54) is 0 Å². The lowest BCUT2D eigenvalue weighted by molar-refractivity contribution is -0.286. The second kappa shape index (κ2) is 2.18. The Kier molecular flexibility index (Phi) is 2.12. The summed E-state index contributed by atoms with van der Waals surface area (Å²) in [6.07, 6.45) is 0. The molecule has 0 atom stereocenters. The molecule has 0 aromatic carbocycles. The summed E-state index contributed by atoms with van der Waals surface area (Å²) < 4.78 is 0. The fraction of sp³-hybridized carbons (Fsp3) is 1.00. The highest BCUT2D eigenvalue weighted by Gasteiger charge is 2.41. The first kappa shape index (κ1) is 8.76. The van der Waals surface area contributed by atoms with Crippen molar-refractivity contribution in [1.29, 1.82) is 0 Å². The third kappa shape index (κ3) is 1.86. The number of hydrogen-bond donors (Lipinski definition) is 6. The van der Waals surface area contributed by atoms with Gasteiger partial charge in [0, 0.05) is 0 Å². The van der Waals surface area contributed by atoms with E-state index in [-0.39, 0.29) is 0 Å². The highest BCUT2D eigenvalue weighted by Crippen LogP contribution is 2.05. The van der Waals surface area contributed by atoms with Crippen LogP contribution in [0.5, 0.6) is 0 Å². The Morgan fingerprint density at radius 1 is 1.11 bits per heavy atom. The van der Waals surface area contributed by atoms with Crippen LogP contribution in [0.3, 0.4) is 0 Å². The summed E-state index contributed by atoms with van der Waals surface area (Å²) in [5.74, 6) is -5.55. The fourth-order valence-corrected chi connectivity index (χ4v) is 0.127. The van der Waals surface area contributed by atoms with E-state index >= 15 is 0 Å². The van der Waals surface area contributed by atoms with Gasteiger partial charge >= 0.3 is 0 Å². The van der Waals surface area contributed by atoms with Crippen molar-refractivity contribution in [2.45, 2.75) is 11.6 Å². The van der Waals surface area contributed by atoms with Gasteiger partial charge in [-0.05, 0) is 0 Å². The van der Waals surface area contributed by atoms with Crippen LogP contribution < -0.4 is 11.5 Å². The molecule has 0 aliphatic carbocycles. The quantitative estimate of drug-likeness (QED) is 0.217. The molecule has 0 radical (unpaired) electrons. The first-order valence-electron chi connectivity index (χ1n) is 2.17. The first-order chi connectivity index (χ1) is 3.81. The standard InChI is InChI=1S/C3H10N2O4/c4-3(5,9)2(7,8)1-6/h6-9H,1,4-5H2. The predicted molar refractivity (Wildman–Crippen MR) is 27.6 cm³/mol. The van der Waals surface area contributed by atoms with Gasteiger partial charge in [-0.3, -0.25) is 11.5 Å². The molecule has 0 fully saturated rings. The van der Waals surface area contributed by atoms with Gasteiger partial charge in [-0.1, -0.05) is 0 Å². The van der Waals surface area contributed by atoms with Crippen molar-refractivity contribution in [2.24, 2.45) is 11.5 Å². The Morgan fingerprint density at radius 2 is 1.44 bits per heavy atom. The van der Waals surface area contributed by atoms with Crippen LogP contribution in [-0.2, 0) is 0 Å². The SMILES string of the molecule is NC(N)(O)C(O)(O)CO. The van der Waals surface area contributed by atoms with Gasteiger partial charge < -0.3 is 20.4 Å². The summed E-state index contributed by atoms with van der Waals surface area (Å²) in [5, 5.41) is 33.5. The van der Waals surface area contributed by atoms with Gasteiger partial charge in [0.05, 0.1) is 0 Å². The predicted octanol–water partition coefficient (Wildman–Crippen LogP) is -3.78. The smallest absolute Gasteiger partial charge is 0.245 e. The maximum atomic E-state index is 8.47. The van der Waals surface area contributed by atoms with Crippen LogP contribution in [0, 0.1) is 0 Å². The van der Waals surface area contributed by atoms with E-state index in [1.807, 2.05) is 0 Å². The summed E-state index contributed by atoms with van der Waals surface area (Å²) >= 11 is 0. The summed E-state index contributed by atoms with van der Waals surface area (Å²) in [6.45, 7) is -1.13. The number of rotatable bonds is 2. The molecule has 0 bridgehead atoms. The van der Waals surface area contributed by atoms with Crippen molar-refractivity contribution in [3.05, 3.63) is 0 Å². The van der Waals surface area contributed by atoms with Gasteiger partial charge in [-0.15, -0.1) is 0 Å². The summed E-state index contributed by atoms with van der Waals surface area (Å²) in [5.41, 5.74) is 9.19. The van der Waals surface area contributed by atoms with E-state index < -0.39 is 18.2 Å². The molecule has 8 N–H and O–H groups in total. The molecule has 0 aromatic rings. The third-order valence-electron chi connectivity index (χ3n) is 0.862. The third-order valence-corrected chi connectivity index (χ3v) is 0.862. The van der Waals surface area contributed by atoms with Crippen LogP contribution >= 0.6 is 0 Å². The zero-order valence-corrected chi connectivity index (χ0v) is 4.65. The molecule has 56 valence electrons. The molecule has 0 spiro atoms. The second-order valence-electron chi connectivity index (χ2n) is 1.80. The summed E-state index contributed by atoms with van der Waals surface area (Å²) in [7, 11) is 0. The van der Waals surface area contributed by atoms with Gasteiger partial charge in [0.2, 0.25) is 11.6 Å². The maximum Gasteiger partial charge on any atom is 0.245 e. The molecule has 0 heterocycles. The molecule has 6 nitrogen and oxygen atoms in total. The van der Waals surface area contributed by atoms with Crippen LogP contribution in [0.2, 0.25) is 0 Å². The first-order valence-corrected chi connectivity index (χ1v) is 2.17.